The predicted molar refractivity (Wildman–Crippen MR) is 66.1 cm³/mol. The first-order valence-electron chi connectivity index (χ1n) is 5.34. The van der Waals surface area contributed by atoms with Crippen LogP contribution in [0.2, 0.25) is 5.02 Å². The number of aromatic nitrogens is 1. The number of para-hydroxylation sites is 1. The maximum absolute atomic E-state index is 12.3. The molecule has 0 unspecified atom stereocenters. The van der Waals surface area contributed by atoms with Gasteiger partial charge in [0.15, 0.2) is 0 Å². The molecule has 1 heterocycles. The van der Waals surface area contributed by atoms with E-state index in [1.807, 2.05) is 0 Å². The third-order valence-electron chi connectivity index (χ3n) is 2.41. The minimum absolute atomic E-state index is 0.272. The molecule has 0 saturated heterocycles. The van der Waals surface area contributed by atoms with Crippen molar-refractivity contribution in [1.82, 2.24) is 4.98 Å². The lowest BCUT2D eigenvalue weighted by Gasteiger charge is -2.14. The zero-order valence-corrected chi connectivity index (χ0v) is 10.6. The number of hydrogen-bond acceptors (Lipinski definition) is 2. The average Bonchev–Trinajstić information content (AvgIpc) is 2.28. The lowest BCUT2D eigenvalue weighted by molar-refractivity contribution is -0.274. The summed E-state index contributed by atoms with van der Waals surface area (Å²) in [5.41, 5.74) is 1.35. The van der Waals surface area contributed by atoms with E-state index in [1.54, 1.807) is 19.1 Å². The van der Waals surface area contributed by atoms with E-state index < -0.39 is 6.36 Å². The van der Waals surface area contributed by atoms with Gasteiger partial charge in [-0.2, -0.15) is 0 Å². The molecule has 6 heteroatoms. The predicted octanol–water partition coefficient (Wildman–Crippen LogP) is 4.61. The minimum Gasteiger partial charge on any atom is -0.405 e. The number of halogens is 4. The van der Waals surface area contributed by atoms with Crippen LogP contribution >= 0.6 is 11.6 Å². The second kappa shape index (κ2) is 5.09. The number of ether oxygens (including phenoxy) is 1. The highest BCUT2D eigenvalue weighted by Gasteiger charge is 2.32. The van der Waals surface area contributed by atoms with Crippen molar-refractivity contribution >= 4 is 11.6 Å². The zero-order valence-electron chi connectivity index (χ0n) is 9.83. The topological polar surface area (TPSA) is 22.1 Å². The molecule has 0 radical (unpaired) electrons. The van der Waals surface area contributed by atoms with Crippen LogP contribution in [0.25, 0.3) is 11.3 Å². The highest BCUT2D eigenvalue weighted by molar-refractivity contribution is 6.30. The third-order valence-corrected chi connectivity index (χ3v) is 2.62. The standard InChI is InChI=1S/C13H9ClF3NO/c1-8-6-9(14)7-18-12(8)10-4-2-3-5-11(10)19-13(15,16)17/h2-7H,1H3. The van der Waals surface area contributed by atoms with E-state index in [0.717, 1.165) is 0 Å². The molecule has 19 heavy (non-hydrogen) atoms. The zero-order chi connectivity index (χ0) is 14.0. The molecule has 2 rings (SSSR count). The van der Waals surface area contributed by atoms with Gasteiger partial charge in [0.2, 0.25) is 0 Å². The van der Waals surface area contributed by atoms with Crippen LogP contribution in [-0.2, 0) is 0 Å². The highest BCUT2D eigenvalue weighted by atomic mass is 35.5. The summed E-state index contributed by atoms with van der Waals surface area (Å²) in [6, 6.07) is 7.49. The summed E-state index contributed by atoms with van der Waals surface area (Å²) in [6.07, 6.45) is -3.36. The molecule has 0 amide bonds. The maximum atomic E-state index is 12.3. The Bertz CT molecular complexity index is 599. The molecule has 0 aliphatic heterocycles. The molecule has 1 aromatic heterocycles. The summed E-state index contributed by atoms with van der Waals surface area (Å²) in [6.45, 7) is 1.72. The fourth-order valence-corrected chi connectivity index (χ4v) is 1.91. The van der Waals surface area contributed by atoms with Crippen molar-refractivity contribution < 1.29 is 17.9 Å². The van der Waals surface area contributed by atoms with E-state index in [0.29, 0.717) is 16.3 Å². The molecular weight excluding hydrogens is 279 g/mol. The number of alkyl halides is 3. The van der Waals surface area contributed by atoms with Gasteiger partial charge in [0, 0.05) is 11.8 Å². The summed E-state index contributed by atoms with van der Waals surface area (Å²) >= 11 is 5.78. The SMILES string of the molecule is Cc1cc(Cl)cnc1-c1ccccc1OC(F)(F)F. The van der Waals surface area contributed by atoms with Crippen LogP contribution in [0.3, 0.4) is 0 Å². The molecule has 2 nitrogen and oxygen atoms in total. The number of rotatable bonds is 2. The van der Waals surface area contributed by atoms with Gasteiger partial charge in [-0.15, -0.1) is 13.2 Å². The number of pyridine rings is 1. The Labute approximate surface area is 112 Å². The highest BCUT2D eigenvalue weighted by Crippen LogP contribution is 2.34. The molecule has 0 atom stereocenters. The molecule has 0 aliphatic carbocycles. The minimum atomic E-state index is -4.74. The summed E-state index contributed by atoms with van der Waals surface area (Å²) in [5, 5.41) is 0.426. The Morgan fingerprint density at radius 2 is 1.89 bits per heavy atom. The Hall–Kier alpha value is -1.75. The first-order chi connectivity index (χ1) is 8.87. The van der Waals surface area contributed by atoms with Crippen molar-refractivity contribution in [3.05, 3.63) is 47.1 Å². The molecule has 0 spiro atoms. The van der Waals surface area contributed by atoms with Gasteiger partial charge in [-0.05, 0) is 30.7 Å². The lowest BCUT2D eigenvalue weighted by atomic mass is 10.1. The molecule has 2 aromatic rings. The van der Waals surface area contributed by atoms with Crippen LogP contribution in [0.4, 0.5) is 13.2 Å². The molecule has 0 aliphatic rings. The van der Waals surface area contributed by atoms with E-state index >= 15 is 0 Å². The van der Waals surface area contributed by atoms with Gasteiger partial charge in [0.1, 0.15) is 5.75 Å². The average molecular weight is 288 g/mol. The van der Waals surface area contributed by atoms with Crippen molar-refractivity contribution in [2.24, 2.45) is 0 Å². The number of nitrogens with zero attached hydrogens (tertiary/aromatic N) is 1. The summed E-state index contributed by atoms with van der Waals surface area (Å²) in [5.74, 6) is -0.284. The Morgan fingerprint density at radius 1 is 1.21 bits per heavy atom. The van der Waals surface area contributed by atoms with Gasteiger partial charge >= 0.3 is 6.36 Å². The van der Waals surface area contributed by atoms with E-state index in [2.05, 4.69) is 9.72 Å². The Morgan fingerprint density at radius 3 is 2.53 bits per heavy atom. The van der Waals surface area contributed by atoms with E-state index in [4.69, 9.17) is 11.6 Å². The smallest absolute Gasteiger partial charge is 0.405 e. The second-order valence-corrected chi connectivity index (χ2v) is 4.30. The molecule has 0 bridgehead atoms. The maximum Gasteiger partial charge on any atom is 0.573 e. The lowest BCUT2D eigenvalue weighted by Crippen LogP contribution is -2.17. The van der Waals surface area contributed by atoms with E-state index in [-0.39, 0.29) is 11.3 Å². The van der Waals surface area contributed by atoms with Crippen molar-refractivity contribution in [2.75, 3.05) is 0 Å². The van der Waals surface area contributed by atoms with E-state index in [9.17, 15) is 13.2 Å². The van der Waals surface area contributed by atoms with Gasteiger partial charge in [-0.25, -0.2) is 0 Å². The van der Waals surface area contributed by atoms with Crippen molar-refractivity contribution in [3.8, 4) is 17.0 Å². The molecule has 0 saturated carbocycles. The quantitative estimate of drug-likeness (QED) is 0.805. The molecule has 1 aromatic carbocycles. The van der Waals surface area contributed by atoms with Crippen LogP contribution in [0, 0.1) is 6.92 Å². The largest absolute Gasteiger partial charge is 0.573 e. The van der Waals surface area contributed by atoms with Crippen molar-refractivity contribution in [2.45, 2.75) is 13.3 Å². The van der Waals surface area contributed by atoms with Crippen molar-refractivity contribution in [1.29, 1.82) is 0 Å². The number of aryl methyl sites for hydroxylation is 1. The van der Waals surface area contributed by atoms with Crippen LogP contribution in [0.15, 0.2) is 36.5 Å². The van der Waals surface area contributed by atoms with Gasteiger partial charge in [-0.1, -0.05) is 23.7 Å². The van der Waals surface area contributed by atoms with Gasteiger partial charge in [0.25, 0.3) is 0 Å². The second-order valence-electron chi connectivity index (χ2n) is 3.86. The van der Waals surface area contributed by atoms with Crippen LogP contribution in [0.5, 0.6) is 5.75 Å². The van der Waals surface area contributed by atoms with E-state index in [1.165, 1.54) is 24.4 Å². The summed E-state index contributed by atoms with van der Waals surface area (Å²) in [4.78, 5) is 4.06. The molecular formula is C13H9ClF3NO. The fraction of sp³-hybridized carbons (Fsp3) is 0.154. The Kier molecular flexibility index (Phi) is 3.66. The fourth-order valence-electron chi connectivity index (χ4n) is 1.70. The Balaban J connectivity index is 2.50. The third kappa shape index (κ3) is 3.38. The van der Waals surface area contributed by atoms with Crippen LogP contribution < -0.4 is 4.74 Å². The normalized spacial score (nSPS) is 11.4. The van der Waals surface area contributed by atoms with Crippen LogP contribution in [0.1, 0.15) is 5.56 Å². The summed E-state index contributed by atoms with van der Waals surface area (Å²) in [7, 11) is 0. The number of benzene rings is 1. The number of hydrogen-bond donors (Lipinski definition) is 0. The molecule has 0 N–H and O–H groups in total. The van der Waals surface area contributed by atoms with Crippen molar-refractivity contribution in [3.63, 3.8) is 0 Å². The first-order valence-corrected chi connectivity index (χ1v) is 5.72. The summed E-state index contributed by atoms with van der Waals surface area (Å²) < 4.78 is 41.0. The van der Waals surface area contributed by atoms with Gasteiger partial charge in [0.05, 0.1) is 10.7 Å². The molecule has 100 valence electrons. The van der Waals surface area contributed by atoms with Gasteiger partial charge in [-0.3, -0.25) is 4.98 Å². The molecule has 0 fully saturated rings. The first kappa shape index (κ1) is 13.7. The van der Waals surface area contributed by atoms with Crippen LogP contribution in [-0.4, -0.2) is 11.3 Å². The van der Waals surface area contributed by atoms with Gasteiger partial charge < -0.3 is 4.74 Å². The monoisotopic (exact) mass is 287 g/mol.